The van der Waals surface area contributed by atoms with Crippen LogP contribution >= 0.6 is 11.8 Å². The quantitative estimate of drug-likeness (QED) is 0.381. The predicted octanol–water partition coefficient (Wildman–Crippen LogP) is 1.95. The lowest BCUT2D eigenvalue weighted by Crippen LogP contribution is -2.10. The van der Waals surface area contributed by atoms with Gasteiger partial charge >= 0.3 is 0 Å². The third-order valence-corrected chi connectivity index (χ3v) is 2.63. The lowest BCUT2D eigenvalue weighted by atomic mass is 10.1. The molecule has 1 rings (SSSR count). The van der Waals surface area contributed by atoms with Gasteiger partial charge in [-0.3, -0.25) is 19.7 Å². The van der Waals surface area contributed by atoms with Crippen LogP contribution in [-0.4, -0.2) is 22.4 Å². The van der Waals surface area contributed by atoms with Crippen molar-refractivity contribution < 1.29 is 14.5 Å². The zero-order valence-electron chi connectivity index (χ0n) is 9.87. The summed E-state index contributed by atoms with van der Waals surface area (Å²) in [7, 11) is 0. The van der Waals surface area contributed by atoms with Crippen LogP contribution in [0.1, 0.15) is 17.3 Å². The number of nitro groups is 1. The van der Waals surface area contributed by atoms with Gasteiger partial charge < -0.3 is 5.32 Å². The van der Waals surface area contributed by atoms with Crippen molar-refractivity contribution in [3.8, 4) is 5.40 Å². The summed E-state index contributed by atoms with van der Waals surface area (Å²) in [6, 6.07) is 3.68. The van der Waals surface area contributed by atoms with Crippen LogP contribution in [0, 0.1) is 20.8 Å². The fourth-order valence-corrected chi connectivity index (χ4v) is 1.70. The van der Waals surface area contributed by atoms with E-state index in [1.807, 2.05) is 0 Å². The highest BCUT2D eigenvalue weighted by atomic mass is 32.2. The number of carbonyl (C=O) groups is 2. The molecule has 0 spiro atoms. The Morgan fingerprint density at radius 3 is 2.74 bits per heavy atom. The van der Waals surface area contributed by atoms with E-state index in [-0.39, 0.29) is 28.5 Å². The first-order chi connectivity index (χ1) is 8.95. The summed E-state index contributed by atoms with van der Waals surface area (Å²) in [5.41, 5.74) is -0.123. The number of hydrogen-bond donors (Lipinski definition) is 1. The summed E-state index contributed by atoms with van der Waals surface area (Å²) in [6.45, 7) is 1.21. The summed E-state index contributed by atoms with van der Waals surface area (Å²) in [4.78, 5) is 32.8. The Morgan fingerprint density at radius 2 is 2.21 bits per heavy atom. The van der Waals surface area contributed by atoms with Gasteiger partial charge in [0.05, 0.1) is 10.7 Å². The molecular formula is C11H9N3O4S. The molecule has 1 amide bonds. The molecule has 98 valence electrons. The van der Waals surface area contributed by atoms with Crippen LogP contribution in [0.25, 0.3) is 0 Å². The molecule has 0 aromatic heterocycles. The molecule has 0 aliphatic rings. The molecule has 0 heterocycles. The van der Waals surface area contributed by atoms with Crippen LogP contribution in [0.4, 0.5) is 11.4 Å². The number of thiocyanates is 1. The molecule has 0 aliphatic heterocycles. The fraction of sp³-hybridized carbons (Fsp3) is 0.182. The van der Waals surface area contributed by atoms with Gasteiger partial charge in [0.15, 0.2) is 5.78 Å². The monoisotopic (exact) mass is 279 g/mol. The van der Waals surface area contributed by atoms with E-state index in [2.05, 4.69) is 5.32 Å². The Balaban J connectivity index is 3.11. The first-order valence-electron chi connectivity index (χ1n) is 5.05. The van der Waals surface area contributed by atoms with Gasteiger partial charge in [0.2, 0.25) is 5.91 Å². The molecule has 0 aliphatic carbocycles. The lowest BCUT2D eigenvalue weighted by molar-refractivity contribution is -0.383. The molecule has 0 radical (unpaired) electrons. The van der Waals surface area contributed by atoms with Crippen LogP contribution in [0.5, 0.6) is 0 Å². The molecule has 0 saturated heterocycles. The van der Waals surface area contributed by atoms with E-state index in [9.17, 15) is 19.7 Å². The van der Waals surface area contributed by atoms with Crippen molar-refractivity contribution in [2.24, 2.45) is 0 Å². The van der Waals surface area contributed by atoms with Crippen LogP contribution in [0.15, 0.2) is 18.2 Å². The third-order valence-electron chi connectivity index (χ3n) is 2.09. The van der Waals surface area contributed by atoms with E-state index in [1.165, 1.54) is 19.1 Å². The molecule has 7 nitrogen and oxygen atoms in total. The second-order valence-corrected chi connectivity index (χ2v) is 4.23. The van der Waals surface area contributed by atoms with E-state index in [0.29, 0.717) is 0 Å². The van der Waals surface area contributed by atoms with Gasteiger partial charge in [0.1, 0.15) is 11.1 Å². The molecule has 1 aromatic carbocycles. The highest BCUT2D eigenvalue weighted by molar-refractivity contribution is 8.04. The van der Waals surface area contributed by atoms with Gasteiger partial charge in [-0.05, 0) is 23.9 Å². The Morgan fingerprint density at radius 1 is 1.53 bits per heavy atom. The minimum Gasteiger partial charge on any atom is -0.321 e. The van der Waals surface area contributed by atoms with Gasteiger partial charge in [0.25, 0.3) is 5.69 Å². The first-order valence-corrected chi connectivity index (χ1v) is 6.04. The minimum absolute atomic E-state index is 0.0368. The molecular weight excluding hydrogens is 270 g/mol. The molecule has 19 heavy (non-hydrogen) atoms. The van der Waals surface area contributed by atoms with Gasteiger partial charge in [-0.2, -0.15) is 5.26 Å². The largest absolute Gasteiger partial charge is 0.321 e. The number of thioether (sulfide) groups is 1. The van der Waals surface area contributed by atoms with E-state index in [1.54, 1.807) is 5.40 Å². The molecule has 0 bridgehead atoms. The van der Waals surface area contributed by atoms with Crippen LogP contribution < -0.4 is 5.32 Å². The second kappa shape index (κ2) is 6.51. The predicted molar refractivity (Wildman–Crippen MR) is 69.8 cm³/mol. The number of rotatable bonds is 5. The van der Waals surface area contributed by atoms with Gasteiger partial charge in [-0.15, -0.1) is 0 Å². The van der Waals surface area contributed by atoms with Crippen molar-refractivity contribution >= 4 is 34.8 Å². The second-order valence-electron chi connectivity index (χ2n) is 3.47. The number of nitrogens with zero attached hydrogens (tertiary/aromatic N) is 2. The number of amides is 1. The Labute approximate surface area is 112 Å². The van der Waals surface area contributed by atoms with Crippen molar-refractivity contribution in [3.05, 3.63) is 33.9 Å². The average molecular weight is 279 g/mol. The van der Waals surface area contributed by atoms with Gasteiger partial charge in [0, 0.05) is 18.6 Å². The number of Topliss-reactive ketones (excluding diaryl/α,β-unsaturated/α-hetero) is 1. The number of hydrogen-bond acceptors (Lipinski definition) is 6. The topological polar surface area (TPSA) is 113 Å². The number of carbonyl (C=O) groups excluding carboxylic acids is 2. The number of ketones is 1. The first kappa shape index (κ1) is 14.7. The Kier molecular flexibility index (Phi) is 5.02. The normalized spacial score (nSPS) is 9.47. The van der Waals surface area contributed by atoms with Crippen LogP contribution in [0.2, 0.25) is 0 Å². The van der Waals surface area contributed by atoms with Gasteiger partial charge in [-0.1, -0.05) is 0 Å². The van der Waals surface area contributed by atoms with Crippen molar-refractivity contribution in [3.63, 3.8) is 0 Å². The Hall–Kier alpha value is -2.40. The van der Waals surface area contributed by atoms with Crippen LogP contribution in [0.3, 0.4) is 0 Å². The zero-order valence-corrected chi connectivity index (χ0v) is 10.7. The molecule has 0 fully saturated rings. The number of nitrogens with one attached hydrogen (secondary N) is 1. The number of benzene rings is 1. The summed E-state index contributed by atoms with van der Waals surface area (Å²) >= 11 is 0.776. The van der Waals surface area contributed by atoms with E-state index < -0.39 is 10.8 Å². The third kappa shape index (κ3) is 4.08. The van der Waals surface area contributed by atoms with Gasteiger partial charge in [-0.25, -0.2) is 0 Å². The van der Waals surface area contributed by atoms with Crippen molar-refractivity contribution in [2.45, 2.75) is 6.92 Å². The highest BCUT2D eigenvalue weighted by Gasteiger charge is 2.17. The number of anilines is 1. The number of nitro benzene ring substituents is 1. The minimum atomic E-state index is -0.649. The van der Waals surface area contributed by atoms with Crippen LogP contribution in [-0.2, 0) is 4.79 Å². The molecule has 0 saturated carbocycles. The maximum Gasteiger partial charge on any atom is 0.292 e. The molecule has 8 heteroatoms. The fourth-order valence-electron chi connectivity index (χ4n) is 1.34. The molecule has 1 N–H and O–H groups in total. The maximum atomic E-state index is 11.7. The smallest absolute Gasteiger partial charge is 0.292 e. The Bertz CT molecular complexity index is 580. The SMILES string of the molecule is CC(=O)Nc1cc(C(=O)CSC#N)ccc1[N+](=O)[O-]. The molecule has 1 aromatic rings. The zero-order chi connectivity index (χ0) is 14.4. The van der Waals surface area contributed by atoms with Crippen molar-refractivity contribution in [2.75, 3.05) is 11.1 Å². The maximum absolute atomic E-state index is 11.7. The average Bonchev–Trinajstić information content (AvgIpc) is 2.34. The van der Waals surface area contributed by atoms with E-state index in [0.717, 1.165) is 17.8 Å². The molecule has 0 atom stereocenters. The van der Waals surface area contributed by atoms with Crippen molar-refractivity contribution in [1.29, 1.82) is 5.26 Å². The van der Waals surface area contributed by atoms with Crippen molar-refractivity contribution in [1.82, 2.24) is 0 Å². The summed E-state index contributed by atoms with van der Waals surface area (Å²) in [5.74, 6) is -0.861. The summed E-state index contributed by atoms with van der Waals surface area (Å²) in [6.07, 6.45) is 0. The lowest BCUT2D eigenvalue weighted by Gasteiger charge is -2.05. The van der Waals surface area contributed by atoms with E-state index in [4.69, 9.17) is 5.26 Å². The molecule has 0 unspecified atom stereocenters. The highest BCUT2D eigenvalue weighted by Crippen LogP contribution is 2.26. The number of nitriles is 1. The summed E-state index contributed by atoms with van der Waals surface area (Å²) in [5, 5.41) is 23.2. The summed E-state index contributed by atoms with van der Waals surface area (Å²) < 4.78 is 0. The van der Waals surface area contributed by atoms with E-state index >= 15 is 0 Å². The standard InChI is InChI=1S/C11H9N3O4S/c1-7(15)13-9-4-8(11(16)5-19-6-12)2-3-10(9)14(17)18/h2-4H,5H2,1H3,(H,13,15).